The van der Waals surface area contributed by atoms with E-state index >= 15 is 0 Å². The lowest BCUT2D eigenvalue weighted by atomic mass is 10.1. The number of carboxylic acids is 1. The standard InChI is InChI=1S/C18H32O2.C2H7NO/c1-2-3-4-5-6-7-8-9-10-11-12-13-14-15-16-17-18(19)20;1-2(3)4/h6-7,9-10H,2-5,8,11-17H2,1H3,(H,19,20);2,4H,3H2,1H3/b7-6-,10-9-;. The zero-order valence-electron chi connectivity index (χ0n) is 15.8. The van der Waals surface area contributed by atoms with E-state index in [0.717, 1.165) is 25.7 Å². The maximum absolute atomic E-state index is 10.3. The van der Waals surface area contributed by atoms with Crippen LogP contribution in [-0.4, -0.2) is 22.4 Å². The van der Waals surface area contributed by atoms with E-state index in [4.69, 9.17) is 10.2 Å². The SMILES string of the molecule is CC(N)O.CCCCC/C=C\C/C=C\CCCCCCCC(=O)O. The van der Waals surface area contributed by atoms with E-state index in [1.54, 1.807) is 0 Å². The second kappa shape index (κ2) is 21.9. The molecule has 4 nitrogen and oxygen atoms in total. The van der Waals surface area contributed by atoms with Gasteiger partial charge >= 0.3 is 5.97 Å². The fourth-order valence-corrected chi connectivity index (χ4v) is 2.09. The minimum Gasteiger partial charge on any atom is -0.481 e. The molecule has 4 N–H and O–H groups in total. The van der Waals surface area contributed by atoms with Crippen LogP contribution < -0.4 is 5.73 Å². The predicted molar refractivity (Wildman–Crippen MR) is 103 cm³/mol. The second-order valence-electron chi connectivity index (χ2n) is 6.12. The normalized spacial score (nSPS) is 12.3. The Morgan fingerprint density at radius 1 is 0.917 bits per heavy atom. The molecule has 0 aliphatic rings. The summed E-state index contributed by atoms with van der Waals surface area (Å²) >= 11 is 0. The van der Waals surface area contributed by atoms with Crippen LogP contribution in [0, 0.1) is 0 Å². The number of carbonyl (C=O) groups is 1. The van der Waals surface area contributed by atoms with Gasteiger partial charge in [-0.25, -0.2) is 0 Å². The Labute approximate surface area is 148 Å². The molecule has 0 aromatic heterocycles. The number of nitrogens with two attached hydrogens (primary N) is 1. The maximum Gasteiger partial charge on any atom is 0.303 e. The highest BCUT2D eigenvalue weighted by Gasteiger charge is 1.95. The van der Waals surface area contributed by atoms with Crippen molar-refractivity contribution in [3.05, 3.63) is 24.3 Å². The molecule has 0 radical (unpaired) electrons. The van der Waals surface area contributed by atoms with E-state index in [2.05, 4.69) is 37.0 Å². The molecule has 142 valence electrons. The third-order valence-corrected chi connectivity index (χ3v) is 3.34. The largest absolute Gasteiger partial charge is 0.481 e. The summed E-state index contributed by atoms with van der Waals surface area (Å²) in [7, 11) is 0. The quantitative estimate of drug-likeness (QED) is 0.231. The van der Waals surface area contributed by atoms with Gasteiger partial charge in [-0.2, -0.15) is 0 Å². The predicted octanol–water partition coefficient (Wildman–Crippen LogP) is 5.17. The van der Waals surface area contributed by atoms with Gasteiger partial charge in [0, 0.05) is 6.42 Å². The van der Waals surface area contributed by atoms with Crippen molar-refractivity contribution in [1.82, 2.24) is 0 Å². The van der Waals surface area contributed by atoms with Crippen molar-refractivity contribution in [3.8, 4) is 0 Å². The van der Waals surface area contributed by atoms with E-state index in [-0.39, 0.29) is 0 Å². The van der Waals surface area contributed by atoms with Gasteiger partial charge in [-0.1, -0.05) is 63.3 Å². The first kappa shape index (κ1) is 25.1. The molecule has 0 aromatic carbocycles. The van der Waals surface area contributed by atoms with E-state index in [9.17, 15) is 4.79 Å². The lowest BCUT2D eigenvalue weighted by Gasteiger charge is -1.98. The Hall–Kier alpha value is -1.13. The van der Waals surface area contributed by atoms with Gasteiger partial charge in [-0.3, -0.25) is 4.79 Å². The first-order chi connectivity index (χ1) is 11.5. The van der Waals surface area contributed by atoms with Crippen molar-refractivity contribution in [2.24, 2.45) is 5.73 Å². The van der Waals surface area contributed by atoms with Gasteiger partial charge in [0.05, 0.1) is 6.23 Å². The maximum atomic E-state index is 10.3. The number of allylic oxidation sites excluding steroid dienone is 4. The Morgan fingerprint density at radius 2 is 1.38 bits per heavy atom. The van der Waals surface area contributed by atoms with Gasteiger partial charge in [0.2, 0.25) is 0 Å². The number of aliphatic carboxylic acids is 1. The summed E-state index contributed by atoms with van der Waals surface area (Å²) in [6.45, 7) is 3.73. The van der Waals surface area contributed by atoms with Crippen molar-refractivity contribution in [2.45, 2.75) is 97.1 Å². The molecule has 0 rings (SSSR count). The monoisotopic (exact) mass is 341 g/mol. The number of aliphatic hydroxyl groups excluding tert-OH is 1. The second-order valence-corrected chi connectivity index (χ2v) is 6.12. The average molecular weight is 342 g/mol. The van der Waals surface area contributed by atoms with Gasteiger partial charge in [0.15, 0.2) is 0 Å². The lowest BCUT2D eigenvalue weighted by molar-refractivity contribution is -0.137. The highest BCUT2D eigenvalue weighted by molar-refractivity contribution is 5.66. The van der Waals surface area contributed by atoms with E-state index < -0.39 is 12.2 Å². The Morgan fingerprint density at radius 3 is 1.88 bits per heavy atom. The van der Waals surface area contributed by atoms with Crippen LogP contribution in [0.3, 0.4) is 0 Å². The highest BCUT2D eigenvalue weighted by atomic mass is 16.4. The average Bonchev–Trinajstić information content (AvgIpc) is 2.50. The summed E-state index contributed by atoms with van der Waals surface area (Å²) in [5, 5.41) is 16.3. The summed E-state index contributed by atoms with van der Waals surface area (Å²) in [5.74, 6) is -0.671. The van der Waals surface area contributed by atoms with Crippen LogP contribution in [0.2, 0.25) is 0 Å². The first-order valence-corrected chi connectivity index (χ1v) is 9.46. The van der Waals surface area contributed by atoms with Gasteiger partial charge in [-0.15, -0.1) is 0 Å². The molecule has 24 heavy (non-hydrogen) atoms. The molecule has 0 aliphatic heterocycles. The topological polar surface area (TPSA) is 83.5 Å². The molecule has 0 fully saturated rings. The summed E-state index contributed by atoms with van der Waals surface area (Å²) < 4.78 is 0. The van der Waals surface area contributed by atoms with Gasteiger partial charge in [0.25, 0.3) is 0 Å². The minimum absolute atomic E-state index is 0.324. The summed E-state index contributed by atoms with van der Waals surface area (Å²) in [4.78, 5) is 10.3. The number of carboxylic acid groups (broad SMARTS) is 1. The molecule has 0 aromatic rings. The van der Waals surface area contributed by atoms with Crippen molar-refractivity contribution >= 4 is 5.97 Å². The van der Waals surface area contributed by atoms with Crippen LogP contribution in [0.25, 0.3) is 0 Å². The zero-order chi connectivity index (χ0) is 18.5. The number of hydrogen-bond acceptors (Lipinski definition) is 3. The molecule has 4 heteroatoms. The molecule has 0 saturated heterocycles. The van der Waals surface area contributed by atoms with Crippen LogP contribution in [0.4, 0.5) is 0 Å². The van der Waals surface area contributed by atoms with Gasteiger partial charge in [-0.05, 0) is 45.4 Å². The Kier molecular flexibility index (Phi) is 22.9. The van der Waals surface area contributed by atoms with Crippen molar-refractivity contribution in [3.63, 3.8) is 0 Å². The Balaban J connectivity index is 0. The smallest absolute Gasteiger partial charge is 0.303 e. The molecule has 0 bridgehead atoms. The van der Waals surface area contributed by atoms with Crippen LogP contribution in [-0.2, 0) is 4.79 Å². The number of aliphatic hydroxyl groups is 1. The van der Waals surface area contributed by atoms with E-state index in [1.807, 2.05) is 0 Å². The Bertz CT molecular complexity index is 309. The number of hydrogen-bond donors (Lipinski definition) is 3. The van der Waals surface area contributed by atoms with Gasteiger partial charge < -0.3 is 15.9 Å². The molecule has 0 aliphatic carbocycles. The first-order valence-electron chi connectivity index (χ1n) is 9.46. The third kappa shape index (κ3) is 32.7. The molecule has 0 heterocycles. The fraction of sp³-hybridized carbons (Fsp3) is 0.750. The number of rotatable bonds is 14. The molecule has 1 unspecified atom stereocenters. The van der Waals surface area contributed by atoms with Crippen LogP contribution >= 0.6 is 0 Å². The molecule has 1 atom stereocenters. The third-order valence-electron chi connectivity index (χ3n) is 3.34. The zero-order valence-corrected chi connectivity index (χ0v) is 15.8. The van der Waals surface area contributed by atoms with Crippen LogP contribution in [0.15, 0.2) is 24.3 Å². The van der Waals surface area contributed by atoms with Crippen molar-refractivity contribution in [2.75, 3.05) is 0 Å². The summed E-state index contributed by atoms with van der Waals surface area (Å²) in [6, 6.07) is 0. The fourth-order valence-electron chi connectivity index (χ4n) is 2.09. The number of unbranched alkanes of at least 4 members (excludes halogenated alkanes) is 8. The van der Waals surface area contributed by atoms with E-state index in [0.29, 0.717) is 6.42 Å². The lowest BCUT2D eigenvalue weighted by Crippen LogP contribution is -2.11. The van der Waals surface area contributed by atoms with Crippen molar-refractivity contribution < 1.29 is 15.0 Å². The molecular weight excluding hydrogens is 302 g/mol. The molecular formula is C20H39NO3. The summed E-state index contributed by atoms with van der Waals surface area (Å²) in [5.41, 5.74) is 4.67. The van der Waals surface area contributed by atoms with Crippen LogP contribution in [0.1, 0.15) is 90.9 Å². The highest BCUT2D eigenvalue weighted by Crippen LogP contribution is 2.08. The molecule has 0 saturated carbocycles. The molecule has 0 spiro atoms. The van der Waals surface area contributed by atoms with Crippen LogP contribution in [0.5, 0.6) is 0 Å². The van der Waals surface area contributed by atoms with Gasteiger partial charge in [0.1, 0.15) is 0 Å². The summed E-state index contributed by atoms with van der Waals surface area (Å²) in [6.07, 6.45) is 21.6. The van der Waals surface area contributed by atoms with Crippen molar-refractivity contribution in [1.29, 1.82) is 0 Å². The molecule has 0 amide bonds. The minimum atomic E-state index is -0.671. The van der Waals surface area contributed by atoms with E-state index in [1.165, 1.54) is 51.9 Å².